The number of nitrogens with zero attached hydrogens (tertiary/aromatic N) is 1. The highest BCUT2D eigenvalue weighted by Gasteiger charge is 2.10. The van der Waals surface area contributed by atoms with E-state index in [0.717, 1.165) is 10.0 Å². The summed E-state index contributed by atoms with van der Waals surface area (Å²) in [4.78, 5) is 15.7. The molecule has 0 aliphatic rings. The number of carbonyl (C=O) groups is 1. The summed E-state index contributed by atoms with van der Waals surface area (Å²) in [6.07, 6.45) is 1.65. The summed E-state index contributed by atoms with van der Waals surface area (Å²) >= 11 is 4.79. The van der Waals surface area contributed by atoms with Crippen LogP contribution in [0, 0.1) is 0 Å². The number of benzene rings is 1. The van der Waals surface area contributed by atoms with Crippen molar-refractivity contribution < 1.29 is 4.79 Å². The van der Waals surface area contributed by atoms with Crippen molar-refractivity contribution in [1.29, 1.82) is 0 Å². The standard InChI is InChI=1S/C12H12BrN3OS/c1-8(9-3-2-4-10(13)7-9)15-11(17)16-12-14-5-6-18-12/h2-8H,1H3,(H2,14,15,16,17). The quantitative estimate of drug-likeness (QED) is 0.902. The van der Waals surface area contributed by atoms with Crippen LogP contribution in [0.4, 0.5) is 9.93 Å². The van der Waals surface area contributed by atoms with Gasteiger partial charge in [0.2, 0.25) is 0 Å². The Hall–Kier alpha value is -1.40. The van der Waals surface area contributed by atoms with E-state index in [0.29, 0.717) is 5.13 Å². The molecule has 0 aliphatic carbocycles. The number of anilines is 1. The average molecular weight is 326 g/mol. The lowest BCUT2D eigenvalue weighted by molar-refractivity contribution is 0.249. The first-order valence-electron chi connectivity index (χ1n) is 5.37. The highest BCUT2D eigenvalue weighted by molar-refractivity contribution is 9.10. The summed E-state index contributed by atoms with van der Waals surface area (Å²) in [7, 11) is 0. The Morgan fingerprint density at radius 2 is 2.33 bits per heavy atom. The molecule has 2 N–H and O–H groups in total. The van der Waals surface area contributed by atoms with E-state index in [1.165, 1.54) is 11.3 Å². The molecule has 0 fully saturated rings. The average Bonchev–Trinajstić information content (AvgIpc) is 2.81. The van der Waals surface area contributed by atoms with Crippen LogP contribution >= 0.6 is 27.3 Å². The van der Waals surface area contributed by atoms with E-state index >= 15 is 0 Å². The van der Waals surface area contributed by atoms with Crippen molar-refractivity contribution in [3.05, 3.63) is 45.9 Å². The largest absolute Gasteiger partial charge is 0.331 e. The number of thiazole rings is 1. The summed E-state index contributed by atoms with van der Waals surface area (Å²) in [5.41, 5.74) is 1.04. The number of rotatable bonds is 3. The summed E-state index contributed by atoms with van der Waals surface area (Å²) in [5, 5.41) is 7.94. The molecular formula is C12H12BrN3OS. The molecule has 1 aromatic carbocycles. The minimum absolute atomic E-state index is 0.0672. The molecule has 2 amide bonds. The highest BCUT2D eigenvalue weighted by atomic mass is 79.9. The minimum Gasteiger partial charge on any atom is -0.331 e. The molecule has 0 radical (unpaired) electrons. The van der Waals surface area contributed by atoms with E-state index in [2.05, 4.69) is 31.5 Å². The Morgan fingerprint density at radius 3 is 3.00 bits per heavy atom. The Kier molecular flexibility index (Phi) is 4.33. The monoisotopic (exact) mass is 325 g/mol. The number of halogens is 1. The van der Waals surface area contributed by atoms with E-state index in [4.69, 9.17) is 0 Å². The Labute approximate surface area is 118 Å². The van der Waals surface area contributed by atoms with Crippen LogP contribution in [0.2, 0.25) is 0 Å². The molecule has 0 saturated carbocycles. The van der Waals surface area contributed by atoms with Gasteiger partial charge in [0.05, 0.1) is 6.04 Å². The second kappa shape index (κ2) is 5.97. The number of aromatic nitrogens is 1. The normalized spacial score (nSPS) is 11.9. The third kappa shape index (κ3) is 3.54. The molecule has 0 aliphatic heterocycles. The van der Waals surface area contributed by atoms with Gasteiger partial charge in [-0.1, -0.05) is 28.1 Å². The van der Waals surface area contributed by atoms with Crippen molar-refractivity contribution in [3.8, 4) is 0 Å². The molecule has 18 heavy (non-hydrogen) atoms. The molecule has 2 aromatic rings. The summed E-state index contributed by atoms with van der Waals surface area (Å²) in [6, 6.07) is 7.52. The van der Waals surface area contributed by atoms with Gasteiger partial charge in [-0.05, 0) is 24.6 Å². The Morgan fingerprint density at radius 1 is 1.50 bits per heavy atom. The summed E-state index contributed by atoms with van der Waals surface area (Å²) < 4.78 is 0.994. The number of hydrogen-bond acceptors (Lipinski definition) is 3. The first-order valence-corrected chi connectivity index (χ1v) is 7.05. The van der Waals surface area contributed by atoms with Gasteiger partial charge in [-0.3, -0.25) is 5.32 Å². The molecule has 94 valence electrons. The summed E-state index contributed by atoms with van der Waals surface area (Å²) in [5.74, 6) is 0. The van der Waals surface area contributed by atoms with Crippen molar-refractivity contribution in [2.45, 2.75) is 13.0 Å². The molecule has 1 atom stereocenters. The molecule has 6 heteroatoms. The van der Waals surface area contributed by atoms with Crippen molar-refractivity contribution in [3.63, 3.8) is 0 Å². The van der Waals surface area contributed by atoms with Gasteiger partial charge >= 0.3 is 6.03 Å². The maximum atomic E-state index is 11.7. The maximum absolute atomic E-state index is 11.7. The minimum atomic E-state index is -0.252. The number of nitrogens with one attached hydrogen (secondary N) is 2. The van der Waals surface area contributed by atoms with Crippen LogP contribution in [0.3, 0.4) is 0 Å². The lowest BCUT2D eigenvalue weighted by Gasteiger charge is -2.14. The number of urea groups is 1. The topological polar surface area (TPSA) is 54.0 Å². The number of amides is 2. The van der Waals surface area contributed by atoms with E-state index in [1.807, 2.05) is 36.6 Å². The Balaban J connectivity index is 1.95. The van der Waals surface area contributed by atoms with Crippen LogP contribution in [0.25, 0.3) is 0 Å². The van der Waals surface area contributed by atoms with Gasteiger partial charge in [-0.25, -0.2) is 9.78 Å². The maximum Gasteiger partial charge on any atom is 0.321 e. The van der Waals surface area contributed by atoms with Gasteiger partial charge in [0, 0.05) is 16.0 Å². The summed E-state index contributed by atoms with van der Waals surface area (Å²) in [6.45, 7) is 1.93. The zero-order valence-electron chi connectivity index (χ0n) is 9.68. The highest BCUT2D eigenvalue weighted by Crippen LogP contribution is 2.18. The predicted molar refractivity (Wildman–Crippen MR) is 76.8 cm³/mol. The van der Waals surface area contributed by atoms with E-state index in [-0.39, 0.29) is 12.1 Å². The number of hydrogen-bond donors (Lipinski definition) is 2. The van der Waals surface area contributed by atoms with Gasteiger partial charge in [-0.15, -0.1) is 11.3 Å². The van der Waals surface area contributed by atoms with Crippen molar-refractivity contribution in [2.24, 2.45) is 0 Å². The van der Waals surface area contributed by atoms with Crippen LogP contribution in [0.1, 0.15) is 18.5 Å². The molecule has 2 rings (SSSR count). The van der Waals surface area contributed by atoms with E-state index < -0.39 is 0 Å². The first-order chi connectivity index (χ1) is 8.65. The molecule has 1 heterocycles. The van der Waals surface area contributed by atoms with Crippen LogP contribution in [-0.2, 0) is 0 Å². The predicted octanol–water partition coefficient (Wildman–Crippen LogP) is 3.79. The lowest BCUT2D eigenvalue weighted by Crippen LogP contribution is -2.31. The first kappa shape index (κ1) is 13.0. The molecule has 1 aromatic heterocycles. The van der Waals surface area contributed by atoms with E-state index in [1.54, 1.807) is 6.20 Å². The zero-order chi connectivity index (χ0) is 13.0. The smallest absolute Gasteiger partial charge is 0.321 e. The third-order valence-electron chi connectivity index (χ3n) is 2.35. The third-order valence-corrected chi connectivity index (χ3v) is 3.53. The molecule has 1 unspecified atom stereocenters. The van der Waals surface area contributed by atoms with Gasteiger partial charge in [0.15, 0.2) is 5.13 Å². The number of carbonyl (C=O) groups excluding carboxylic acids is 1. The second-order valence-electron chi connectivity index (χ2n) is 3.71. The van der Waals surface area contributed by atoms with Gasteiger partial charge in [0.1, 0.15) is 0 Å². The molecule has 0 saturated heterocycles. The van der Waals surface area contributed by atoms with E-state index in [9.17, 15) is 4.79 Å². The molecule has 4 nitrogen and oxygen atoms in total. The van der Waals surface area contributed by atoms with Crippen LogP contribution in [-0.4, -0.2) is 11.0 Å². The zero-order valence-corrected chi connectivity index (χ0v) is 12.1. The van der Waals surface area contributed by atoms with Crippen LogP contribution in [0.5, 0.6) is 0 Å². The van der Waals surface area contributed by atoms with Gasteiger partial charge in [-0.2, -0.15) is 0 Å². The lowest BCUT2D eigenvalue weighted by atomic mass is 10.1. The van der Waals surface area contributed by atoms with Crippen molar-refractivity contribution >= 4 is 38.4 Å². The fourth-order valence-electron chi connectivity index (χ4n) is 1.47. The van der Waals surface area contributed by atoms with Crippen LogP contribution in [0.15, 0.2) is 40.3 Å². The second-order valence-corrected chi connectivity index (χ2v) is 5.52. The fraction of sp³-hybridized carbons (Fsp3) is 0.167. The fourth-order valence-corrected chi connectivity index (χ4v) is 2.42. The SMILES string of the molecule is CC(NC(=O)Nc1nccs1)c1cccc(Br)c1. The van der Waals surface area contributed by atoms with Crippen LogP contribution < -0.4 is 10.6 Å². The molecule has 0 spiro atoms. The Bertz CT molecular complexity index is 530. The van der Waals surface area contributed by atoms with Crippen molar-refractivity contribution in [1.82, 2.24) is 10.3 Å². The molecular weight excluding hydrogens is 314 g/mol. The van der Waals surface area contributed by atoms with Gasteiger partial charge in [0.25, 0.3) is 0 Å². The molecule has 0 bridgehead atoms. The van der Waals surface area contributed by atoms with Crippen molar-refractivity contribution in [2.75, 3.05) is 5.32 Å². The van der Waals surface area contributed by atoms with Gasteiger partial charge < -0.3 is 5.32 Å².